The van der Waals surface area contributed by atoms with Crippen LogP contribution < -0.4 is 0 Å². The molecule has 0 heterocycles. The molecule has 260 valence electrons. The molecule has 0 rings (SSSR count). The van der Waals surface area contributed by atoms with Crippen LogP contribution in [-0.2, 0) is 64.1 Å². The molecule has 0 saturated carbocycles. The van der Waals surface area contributed by atoms with Crippen molar-refractivity contribution in [2.24, 2.45) is 5.41 Å². The molecule has 7 N–H and O–H groups in total. The Labute approximate surface area is 248 Å². The molecular weight excluding hydrogens is 676 g/mol. The summed E-state index contributed by atoms with van der Waals surface area (Å²) in [6.07, 6.45) is 0.271. The Morgan fingerprint density at radius 3 is 1.02 bits per heavy atom. The third-order valence-electron chi connectivity index (χ3n) is 4.56. The zero-order valence-electron chi connectivity index (χ0n) is 23.4. The summed E-state index contributed by atoms with van der Waals surface area (Å²) in [6.45, 7) is -4.11. The number of hydrogen-bond acceptors (Lipinski definition) is 17. The Bertz CT molecular complexity index is 821. The third kappa shape index (κ3) is 25.1. The van der Waals surface area contributed by atoms with Crippen molar-refractivity contribution in [3.63, 3.8) is 0 Å². The molecule has 0 aromatic rings. The van der Waals surface area contributed by atoms with Crippen molar-refractivity contribution in [1.29, 1.82) is 0 Å². The van der Waals surface area contributed by atoms with Crippen molar-refractivity contribution in [1.82, 2.24) is 0 Å². The number of phosphoric acid groups is 3. The smallest absolute Gasteiger partial charge is 0.381 e. The number of aliphatic hydroxyl groups is 3. The highest BCUT2D eigenvalue weighted by Gasteiger charge is 2.35. The average molecular weight is 718 g/mol. The van der Waals surface area contributed by atoms with Gasteiger partial charge in [-0.2, -0.15) is 0 Å². The van der Waals surface area contributed by atoms with Crippen molar-refractivity contribution in [2.45, 2.75) is 19.3 Å². The molecule has 4 atom stereocenters. The molecule has 43 heavy (non-hydrogen) atoms. The highest BCUT2D eigenvalue weighted by atomic mass is 31.2. The maximum absolute atomic E-state index is 11.9. The van der Waals surface area contributed by atoms with E-state index < -0.39 is 63.5 Å². The second-order valence-electron chi connectivity index (χ2n) is 8.47. The normalized spacial score (nSPS) is 19.2. The van der Waals surface area contributed by atoms with Crippen LogP contribution in [0.4, 0.5) is 0 Å². The van der Waals surface area contributed by atoms with E-state index in [9.17, 15) is 37.8 Å². The first-order valence-electron chi connectivity index (χ1n) is 12.4. The Morgan fingerprint density at radius 1 is 0.465 bits per heavy atom. The summed E-state index contributed by atoms with van der Waals surface area (Å²) in [5.41, 5.74) is -1.23. The fourth-order valence-corrected chi connectivity index (χ4v) is 4.98. The van der Waals surface area contributed by atoms with Crippen molar-refractivity contribution >= 4 is 31.1 Å². The Morgan fingerprint density at radius 2 is 0.767 bits per heavy atom. The molecule has 0 aliphatic heterocycles. The predicted octanol–water partition coefficient (Wildman–Crippen LogP) is 0.275. The molecule has 21 nitrogen and oxygen atoms in total. The van der Waals surface area contributed by atoms with E-state index in [1.54, 1.807) is 0 Å². The van der Waals surface area contributed by atoms with Crippen LogP contribution in [0.3, 0.4) is 0 Å². The van der Waals surface area contributed by atoms with E-state index in [2.05, 4.69) is 27.1 Å². The first-order valence-corrected chi connectivity index (χ1v) is 18.9. The molecule has 0 saturated heterocycles. The van der Waals surface area contributed by atoms with Crippen molar-refractivity contribution in [3.05, 3.63) is 0 Å². The molecule has 25 heteroatoms. The van der Waals surface area contributed by atoms with Crippen LogP contribution in [0.1, 0.15) is 19.3 Å². The molecule has 4 unspecified atom stereocenters. The van der Waals surface area contributed by atoms with Gasteiger partial charge in [-0.05, 0) is 19.3 Å². The van der Waals surface area contributed by atoms with Crippen LogP contribution in [0.25, 0.3) is 0 Å². The van der Waals surface area contributed by atoms with Gasteiger partial charge in [0, 0.05) is 26.5 Å². The van der Waals surface area contributed by atoms with Crippen LogP contribution in [0, 0.1) is 5.41 Å². The van der Waals surface area contributed by atoms with Gasteiger partial charge in [0.2, 0.25) is 0 Å². The number of rotatable bonds is 30. The molecule has 0 aliphatic rings. The van der Waals surface area contributed by atoms with E-state index in [-0.39, 0.29) is 78.7 Å². The molecule has 0 bridgehead atoms. The van der Waals surface area contributed by atoms with E-state index >= 15 is 0 Å². The number of hydrogen-bond donors (Lipinski definition) is 7. The number of ether oxygens (including phenoxy) is 3. The molecule has 0 radical (unpaired) electrons. The fourth-order valence-electron chi connectivity index (χ4n) is 2.73. The van der Waals surface area contributed by atoms with E-state index in [1.165, 1.54) is 0 Å². The van der Waals surface area contributed by atoms with E-state index in [1.807, 2.05) is 0 Å². The van der Waals surface area contributed by atoms with Gasteiger partial charge < -0.3 is 53.6 Å². The second kappa shape index (κ2) is 22.7. The zero-order chi connectivity index (χ0) is 32.9. The van der Waals surface area contributed by atoms with E-state index in [0.717, 1.165) is 6.66 Å². The minimum Gasteiger partial charge on any atom is -0.381 e. The Balaban J connectivity index is 5.19. The molecule has 0 aromatic heterocycles. The highest BCUT2D eigenvalue weighted by molar-refractivity contribution is 7.51. The summed E-state index contributed by atoms with van der Waals surface area (Å²) in [5, 5.41) is 25.7. The zero-order valence-corrected chi connectivity index (χ0v) is 27.0. The van der Waals surface area contributed by atoms with Gasteiger partial charge in [0.25, 0.3) is 0 Å². The average Bonchev–Trinajstić information content (AvgIpc) is 2.88. The number of aliphatic hydroxyl groups excluding tert-OH is 3. The Kier molecular flexibility index (Phi) is 22.8. The van der Waals surface area contributed by atoms with Crippen LogP contribution in [-0.4, -0.2) is 128 Å². The maximum Gasteiger partial charge on any atom is 0.474 e. The Hall–Kier alpha value is 0.240. The molecule has 0 aromatic carbocycles. The third-order valence-corrected chi connectivity index (χ3v) is 8.02. The number of phosphoric ester groups is 3. The van der Waals surface area contributed by atoms with E-state index in [0.29, 0.717) is 0 Å². The minimum atomic E-state index is -4.43. The van der Waals surface area contributed by atoms with Gasteiger partial charge in [-0.25, -0.2) is 13.7 Å². The molecule has 0 spiro atoms. The van der Waals surface area contributed by atoms with Gasteiger partial charge in [-0.15, -0.1) is 0 Å². The van der Waals surface area contributed by atoms with Gasteiger partial charge in [-0.3, -0.25) is 31.7 Å². The lowest BCUT2D eigenvalue weighted by atomic mass is 9.92. The summed E-state index contributed by atoms with van der Waals surface area (Å²) in [6, 6.07) is 0. The molecule has 0 amide bonds. The van der Waals surface area contributed by atoms with Crippen LogP contribution in [0.15, 0.2) is 0 Å². The van der Waals surface area contributed by atoms with Gasteiger partial charge in [-0.1, -0.05) is 0 Å². The second-order valence-corrected chi connectivity index (χ2v) is 14.7. The lowest BCUT2D eigenvalue weighted by Gasteiger charge is -2.33. The quantitative estimate of drug-likeness (QED) is 0.0298. The van der Waals surface area contributed by atoms with Gasteiger partial charge in [0.05, 0.1) is 51.7 Å². The summed E-state index contributed by atoms with van der Waals surface area (Å²) in [7, 11) is -17.3. The molecular formula is C18H42O21P4. The maximum atomic E-state index is 11.9. The van der Waals surface area contributed by atoms with Crippen molar-refractivity contribution in [2.75, 3.05) is 93.1 Å². The van der Waals surface area contributed by atoms with Crippen LogP contribution in [0.5, 0.6) is 0 Å². The summed E-state index contributed by atoms with van der Waals surface area (Å²) in [4.78, 5) is 37.6. The fraction of sp³-hybridized carbons (Fsp3) is 1.00. The summed E-state index contributed by atoms with van der Waals surface area (Å²) in [5.74, 6) is 0. The predicted molar refractivity (Wildman–Crippen MR) is 142 cm³/mol. The first-order chi connectivity index (χ1) is 20.0. The standard InChI is InChI=1S/C18H42O21P4/c1-40(22,23)36-14-18(11-30-5-2-8-33-41(24,25)37-15-19,12-31-6-3-9-34-42(26,27)38-16-20)13-32-7-4-10-35-43(28,29)39-17-21/h19-21H,2-17H2,1H3,(H,22,23)(H,24,25)(H,26,27)(H,28,29). The van der Waals surface area contributed by atoms with Gasteiger partial charge in [0.1, 0.15) is 0 Å². The molecule has 0 aliphatic carbocycles. The van der Waals surface area contributed by atoms with Crippen molar-refractivity contribution < 1.29 is 99.0 Å². The largest absolute Gasteiger partial charge is 0.474 e. The first kappa shape index (κ1) is 43.2. The monoisotopic (exact) mass is 718 g/mol. The SMILES string of the molecule is CP(=O)(O)OCC(COCCCOP(=O)(O)OCO)(COCCCOP(=O)(O)OCO)COCCCOP(=O)(O)OCO. The van der Waals surface area contributed by atoms with Gasteiger partial charge >= 0.3 is 31.1 Å². The minimum absolute atomic E-state index is 0.0429. The summed E-state index contributed by atoms with van der Waals surface area (Å²) < 4.78 is 94.5. The van der Waals surface area contributed by atoms with E-state index in [4.69, 9.17) is 34.1 Å². The lowest BCUT2D eigenvalue weighted by Crippen LogP contribution is -2.42. The van der Waals surface area contributed by atoms with Crippen LogP contribution in [0.2, 0.25) is 0 Å². The topological polar surface area (TPSA) is 302 Å². The van der Waals surface area contributed by atoms with Gasteiger partial charge in [0.15, 0.2) is 20.4 Å². The summed E-state index contributed by atoms with van der Waals surface area (Å²) >= 11 is 0. The van der Waals surface area contributed by atoms with Crippen LogP contribution >= 0.6 is 31.1 Å². The highest BCUT2D eigenvalue weighted by Crippen LogP contribution is 2.44. The molecule has 0 fully saturated rings. The lowest BCUT2D eigenvalue weighted by molar-refractivity contribution is -0.0916. The van der Waals surface area contributed by atoms with Crippen molar-refractivity contribution in [3.8, 4) is 0 Å².